The molecule has 82 valence electrons. The van der Waals surface area contributed by atoms with Crippen LogP contribution in [0.3, 0.4) is 0 Å². The number of aryl methyl sites for hydroxylation is 1. The van der Waals surface area contributed by atoms with Crippen molar-refractivity contribution < 1.29 is 0 Å². The van der Waals surface area contributed by atoms with Gasteiger partial charge in [0.15, 0.2) is 0 Å². The fourth-order valence-electron chi connectivity index (χ4n) is 2.72. The second-order valence-electron chi connectivity index (χ2n) is 4.99. The molecule has 0 spiro atoms. The van der Waals surface area contributed by atoms with Crippen molar-refractivity contribution in [3.63, 3.8) is 0 Å². The van der Waals surface area contributed by atoms with Crippen LogP contribution < -0.4 is 5.73 Å². The van der Waals surface area contributed by atoms with Crippen LogP contribution in [0.15, 0.2) is 22.7 Å². The van der Waals surface area contributed by atoms with Crippen molar-refractivity contribution in [3.8, 4) is 0 Å². The van der Waals surface area contributed by atoms with E-state index in [0.717, 1.165) is 6.54 Å². The van der Waals surface area contributed by atoms with Gasteiger partial charge < -0.3 is 5.73 Å². The fraction of sp³-hybridized carbons (Fsp3) is 0.538. The minimum atomic E-state index is 0.225. The van der Waals surface area contributed by atoms with E-state index in [9.17, 15) is 0 Å². The van der Waals surface area contributed by atoms with Gasteiger partial charge in [0, 0.05) is 4.47 Å². The number of rotatable bonds is 1. The second-order valence-corrected chi connectivity index (χ2v) is 5.91. The standard InChI is InChI=1S/C13H18BrN/c1-13(2)10(8-15)4-3-9-7-11(14)5-6-12(9)13/h5-7,10H,3-4,8,15H2,1-2H3. The molecule has 0 aliphatic heterocycles. The molecular formula is C13H18BrN. The molecule has 1 aromatic rings. The van der Waals surface area contributed by atoms with Crippen LogP contribution in [-0.2, 0) is 11.8 Å². The van der Waals surface area contributed by atoms with Crippen molar-refractivity contribution in [2.24, 2.45) is 11.7 Å². The quantitative estimate of drug-likeness (QED) is 0.831. The van der Waals surface area contributed by atoms with Crippen molar-refractivity contribution in [1.82, 2.24) is 0 Å². The van der Waals surface area contributed by atoms with E-state index in [0.29, 0.717) is 5.92 Å². The maximum atomic E-state index is 5.86. The van der Waals surface area contributed by atoms with Crippen LogP contribution in [0.1, 0.15) is 31.4 Å². The first-order valence-corrected chi connectivity index (χ1v) is 6.34. The average molecular weight is 268 g/mol. The SMILES string of the molecule is CC1(C)c2ccc(Br)cc2CCC1CN. The first kappa shape index (κ1) is 11.2. The third kappa shape index (κ3) is 1.85. The molecule has 15 heavy (non-hydrogen) atoms. The number of halogens is 1. The number of hydrogen-bond donors (Lipinski definition) is 1. The maximum Gasteiger partial charge on any atom is 0.0178 e. The summed E-state index contributed by atoms with van der Waals surface area (Å²) in [7, 11) is 0. The molecule has 2 rings (SSSR count). The average Bonchev–Trinajstić information content (AvgIpc) is 2.17. The number of fused-ring (bicyclic) bond motifs is 1. The molecule has 1 aromatic carbocycles. The highest BCUT2D eigenvalue weighted by molar-refractivity contribution is 9.10. The van der Waals surface area contributed by atoms with Gasteiger partial charge in [-0.15, -0.1) is 0 Å². The van der Waals surface area contributed by atoms with E-state index >= 15 is 0 Å². The molecule has 0 aromatic heterocycles. The molecule has 2 N–H and O–H groups in total. The van der Waals surface area contributed by atoms with Crippen molar-refractivity contribution in [3.05, 3.63) is 33.8 Å². The molecule has 1 atom stereocenters. The first-order valence-electron chi connectivity index (χ1n) is 5.54. The summed E-state index contributed by atoms with van der Waals surface area (Å²) >= 11 is 3.54. The highest BCUT2D eigenvalue weighted by Crippen LogP contribution is 2.41. The zero-order valence-corrected chi connectivity index (χ0v) is 11.0. The summed E-state index contributed by atoms with van der Waals surface area (Å²) in [6, 6.07) is 6.64. The predicted octanol–water partition coefficient (Wildman–Crippen LogP) is 3.25. The monoisotopic (exact) mass is 267 g/mol. The zero-order chi connectivity index (χ0) is 11.1. The Hall–Kier alpha value is -0.340. The molecule has 0 saturated carbocycles. The Labute approximate surface area is 100 Å². The van der Waals surface area contributed by atoms with Gasteiger partial charge >= 0.3 is 0 Å². The lowest BCUT2D eigenvalue weighted by atomic mass is 9.65. The lowest BCUT2D eigenvalue weighted by molar-refractivity contribution is 0.285. The molecule has 0 saturated heterocycles. The Balaban J connectivity index is 2.47. The largest absolute Gasteiger partial charge is 0.330 e. The van der Waals surface area contributed by atoms with E-state index in [1.54, 1.807) is 0 Å². The van der Waals surface area contributed by atoms with Crippen LogP contribution in [0.4, 0.5) is 0 Å². The van der Waals surface area contributed by atoms with Crippen LogP contribution in [0, 0.1) is 5.92 Å². The van der Waals surface area contributed by atoms with Gasteiger partial charge in [-0.05, 0) is 54.0 Å². The van der Waals surface area contributed by atoms with Gasteiger partial charge in [-0.1, -0.05) is 35.8 Å². The summed E-state index contributed by atoms with van der Waals surface area (Å²) < 4.78 is 1.18. The molecule has 0 bridgehead atoms. The number of hydrogen-bond acceptors (Lipinski definition) is 1. The zero-order valence-electron chi connectivity index (χ0n) is 9.39. The summed E-state index contributed by atoms with van der Waals surface area (Å²) in [5.74, 6) is 0.617. The summed E-state index contributed by atoms with van der Waals surface area (Å²) in [6.07, 6.45) is 2.38. The molecule has 1 unspecified atom stereocenters. The lowest BCUT2D eigenvalue weighted by Crippen LogP contribution is -2.38. The Morgan fingerprint density at radius 3 is 2.87 bits per heavy atom. The minimum absolute atomic E-state index is 0.225. The Morgan fingerprint density at radius 2 is 2.20 bits per heavy atom. The third-order valence-electron chi connectivity index (χ3n) is 3.83. The van der Waals surface area contributed by atoms with Crippen molar-refractivity contribution in [2.45, 2.75) is 32.1 Å². The topological polar surface area (TPSA) is 26.0 Å². The summed E-state index contributed by atoms with van der Waals surface area (Å²) in [5, 5.41) is 0. The smallest absolute Gasteiger partial charge is 0.0178 e. The van der Waals surface area contributed by atoms with E-state index in [2.05, 4.69) is 48.0 Å². The van der Waals surface area contributed by atoms with Gasteiger partial charge in [0.2, 0.25) is 0 Å². The van der Waals surface area contributed by atoms with E-state index in [-0.39, 0.29) is 5.41 Å². The fourth-order valence-corrected chi connectivity index (χ4v) is 3.13. The van der Waals surface area contributed by atoms with Gasteiger partial charge in [0.25, 0.3) is 0 Å². The minimum Gasteiger partial charge on any atom is -0.330 e. The number of nitrogens with two attached hydrogens (primary N) is 1. The van der Waals surface area contributed by atoms with E-state index in [1.165, 1.54) is 28.4 Å². The lowest BCUT2D eigenvalue weighted by Gasteiger charge is -2.40. The van der Waals surface area contributed by atoms with Crippen LogP contribution in [0.25, 0.3) is 0 Å². The summed E-state index contributed by atoms with van der Waals surface area (Å²) in [5.41, 5.74) is 9.05. The predicted molar refractivity (Wildman–Crippen MR) is 68.0 cm³/mol. The van der Waals surface area contributed by atoms with E-state index < -0.39 is 0 Å². The molecule has 1 aliphatic rings. The third-order valence-corrected chi connectivity index (χ3v) is 4.32. The van der Waals surface area contributed by atoms with Crippen LogP contribution in [0.5, 0.6) is 0 Å². The Kier molecular flexibility index (Phi) is 2.91. The van der Waals surface area contributed by atoms with Gasteiger partial charge in [-0.3, -0.25) is 0 Å². The van der Waals surface area contributed by atoms with E-state index in [1.807, 2.05) is 0 Å². The molecule has 0 radical (unpaired) electrons. The van der Waals surface area contributed by atoms with Gasteiger partial charge in [-0.25, -0.2) is 0 Å². The first-order chi connectivity index (χ1) is 7.05. The summed E-state index contributed by atoms with van der Waals surface area (Å²) in [6.45, 7) is 5.43. The molecule has 0 fully saturated rings. The van der Waals surface area contributed by atoms with Crippen molar-refractivity contribution >= 4 is 15.9 Å². The summed E-state index contributed by atoms with van der Waals surface area (Å²) in [4.78, 5) is 0. The highest BCUT2D eigenvalue weighted by atomic mass is 79.9. The molecule has 0 amide bonds. The molecular weight excluding hydrogens is 250 g/mol. The Bertz CT molecular complexity index is 371. The highest BCUT2D eigenvalue weighted by Gasteiger charge is 2.35. The van der Waals surface area contributed by atoms with E-state index in [4.69, 9.17) is 5.73 Å². The van der Waals surface area contributed by atoms with Gasteiger partial charge in [0.1, 0.15) is 0 Å². The molecule has 2 heteroatoms. The molecule has 1 aliphatic carbocycles. The molecule has 0 heterocycles. The number of benzene rings is 1. The van der Waals surface area contributed by atoms with Crippen molar-refractivity contribution in [2.75, 3.05) is 6.54 Å². The second kappa shape index (κ2) is 3.91. The van der Waals surface area contributed by atoms with Gasteiger partial charge in [-0.2, -0.15) is 0 Å². The maximum absolute atomic E-state index is 5.86. The van der Waals surface area contributed by atoms with Crippen molar-refractivity contribution in [1.29, 1.82) is 0 Å². The Morgan fingerprint density at radius 1 is 1.47 bits per heavy atom. The normalized spacial score (nSPS) is 23.6. The van der Waals surface area contributed by atoms with Crippen LogP contribution in [0.2, 0.25) is 0 Å². The van der Waals surface area contributed by atoms with Crippen LogP contribution >= 0.6 is 15.9 Å². The molecule has 1 nitrogen and oxygen atoms in total. The van der Waals surface area contributed by atoms with Gasteiger partial charge in [0.05, 0.1) is 0 Å². The van der Waals surface area contributed by atoms with Crippen LogP contribution in [-0.4, -0.2) is 6.54 Å².